The highest BCUT2D eigenvalue weighted by Crippen LogP contribution is 2.17. The van der Waals surface area contributed by atoms with Crippen LogP contribution in [0.1, 0.15) is 240 Å². The van der Waals surface area contributed by atoms with Crippen LogP contribution in [-0.4, -0.2) is 37.2 Å². The van der Waals surface area contributed by atoms with Crippen molar-refractivity contribution in [2.24, 2.45) is 5.92 Å². The van der Waals surface area contributed by atoms with Crippen molar-refractivity contribution in [1.82, 2.24) is 0 Å². The summed E-state index contributed by atoms with van der Waals surface area (Å²) in [4.78, 5) is 37.4. The lowest BCUT2D eigenvalue weighted by molar-refractivity contribution is -0.167. The second-order valence-electron chi connectivity index (χ2n) is 15.2. The standard InChI is InChI=1S/C44H84O6/c1-5-8-10-12-13-14-15-16-17-21-24-28-31-35-42(45)48-38-41(50-44(47)37-33-26-11-9-6-2)39-49-43(46)36-32-29-25-22-19-18-20-23-27-30-34-40(4)7-3/h40-41H,5-39H2,1-4H3/t40?,41-/m1/s1. The van der Waals surface area contributed by atoms with Gasteiger partial charge in [-0.2, -0.15) is 0 Å². The number of carbonyl (C=O) groups is 3. The molecule has 0 bridgehead atoms. The van der Waals surface area contributed by atoms with Crippen molar-refractivity contribution < 1.29 is 28.6 Å². The van der Waals surface area contributed by atoms with Gasteiger partial charge in [0.15, 0.2) is 6.10 Å². The molecule has 0 fully saturated rings. The van der Waals surface area contributed by atoms with E-state index in [2.05, 4.69) is 27.7 Å². The number of carbonyl (C=O) groups excluding carboxylic acids is 3. The molecule has 0 heterocycles. The Morgan fingerprint density at radius 2 is 0.700 bits per heavy atom. The fourth-order valence-corrected chi connectivity index (χ4v) is 6.42. The van der Waals surface area contributed by atoms with Crippen molar-refractivity contribution >= 4 is 17.9 Å². The summed E-state index contributed by atoms with van der Waals surface area (Å²) in [6.45, 7) is 8.93. The Kier molecular flexibility index (Phi) is 37.4. The van der Waals surface area contributed by atoms with Crippen LogP contribution < -0.4 is 0 Å². The maximum Gasteiger partial charge on any atom is 0.306 e. The van der Waals surface area contributed by atoms with Crippen molar-refractivity contribution in [2.75, 3.05) is 13.2 Å². The predicted molar refractivity (Wildman–Crippen MR) is 210 cm³/mol. The van der Waals surface area contributed by atoms with Crippen LogP contribution in [0.15, 0.2) is 0 Å². The number of ether oxygens (including phenoxy) is 3. The zero-order chi connectivity index (χ0) is 36.8. The monoisotopic (exact) mass is 709 g/mol. The molecule has 0 saturated carbocycles. The van der Waals surface area contributed by atoms with E-state index in [0.29, 0.717) is 19.3 Å². The van der Waals surface area contributed by atoms with E-state index in [4.69, 9.17) is 14.2 Å². The average molecular weight is 709 g/mol. The summed E-state index contributed by atoms with van der Waals surface area (Å²) in [7, 11) is 0. The van der Waals surface area contributed by atoms with Gasteiger partial charge in [-0.1, -0.05) is 201 Å². The summed E-state index contributed by atoms with van der Waals surface area (Å²) >= 11 is 0. The zero-order valence-electron chi connectivity index (χ0n) is 33.9. The number of rotatable bonds is 39. The van der Waals surface area contributed by atoms with Crippen LogP contribution >= 0.6 is 0 Å². The van der Waals surface area contributed by atoms with Crippen LogP contribution in [0.5, 0.6) is 0 Å². The number of unbranched alkanes of at least 4 members (excludes halogenated alkanes) is 25. The Morgan fingerprint density at radius 3 is 1.04 bits per heavy atom. The van der Waals surface area contributed by atoms with Crippen LogP contribution in [0.25, 0.3) is 0 Å². The van der Waals surface area contributed by atoms with Crippen LogP contribution in [0, 0.1) is 5.92 Å². The van der Waals surface area contributed by atoms with Crippen molar-refractivity contribution in [2.45, 2.75) is 246 Å². The molecule has 50 heavy (non-hydrogen) atoms. The first-order chi connectivity index (χ1) is 24.4. The van der Waals surface area contributed by atoms with E-state index in [1.165, 1.54) is 128 Å². The summed E-state index contributed by atoms with van der Waals surface area (Å²) < 4.78 is 16.6. The SMILES string of the molecule is CCCCCCCCCCCCCCCC(=O)OC[C@H](COC(=O)CCCCCCCCCCCCC(C)CC)OC(=O)CCCCCCC. The first-order valence-electron chi connectivity index (χ1n) is 21.9. The lowest BCUT2D eigenvalue weighted by Gasteiger charge is -2.18. The highest BCUT2D eigenvalue weighted by atomic mass is 16.6. The van der Waals surface area contributed by atoms with Gasteiger partial charge in [0.25, 0.3) is 0 Å². The first-order valence-corrected chi connectivity index (χ1v) is 21.9. The lowest BCUT2D eigenvalue weighted by Crippen LogP contribution is -2.30. The Balaban J connectivity index is 4.17. The Labute approximate surface area is 310 Å². The largest absolute Gasteiger partial charge is 0.462 e. The van der Waals surface area contributed by atoms with Gasteiger partial charge in [0, 0.05) is 19.3 Å². The summed E-state index contributed by atoms with van der Waals surface area (Å²) in [5, 5.41) is 0. The fourth-order valence-electron chi connectivity index (χ4n) is 6.42. The Hall–Kier alpha value is -1.59. The van der Waals surface area contributed by atoms with E-state index in [0.717, 1.165) is 70.1 Å². The molecule has 6 nitrogen and oxygen atoms in total. The van der Waals surface area contributed by atoms with E-state index < -0.39 is 6.10 Å². The summed E-state index contributed by atoms with van der Waals surface area (Å²) in [5.41, 5.74) is 0. The summed E-state index contributed by atoms with van der Waals surface area (Å²) in [5.74, 6) is -0.00140. The van der Waals surface area contributed by atoms with E-state index in [9.17, 15) is 14.4 Å². The molecule has 0 spiro atoms. The zero-order valence-corrected chi connectivity index (χ0v) is 33.9. The highest BCUT2D eigenvalue weighted by Gasteiger charge is 2.19. The molecular formula is C44H84O6. The maximum atomic E-state index is 12.5. The molecular weight excluding hydrogens is 624 g/mol. The van der Waals surface area contributed by atoms with Crippen molar-refractivity contribution in [3.05, 3.63) is 0 Å². The second-order valence-corrected chi connectivity index (χ2v) is 15.2. The van der Waals surface area contributed by atoms with E-state index in [1.807, 2.05) is 0 Å². The molecule has 0 amide bonds. The highest BCUT2D eigenvalue weighted by molar-refractivity contribution is 5.71. The molecule has 0 saturated heterocycles. The van der Waals surface area contributed by atoms with Gasteiger partial charge in [-0.3, -0.25) is 14.4 Å². The third-order valence-corrected chi connectivity index (χ3v) is 10.2. The van der Waals surface area contributed by atoms with Gasteiger partial charge < -0.3 is 14.2 Å². The second kappa shape index (κ2) is 38.6. The third kappa shape index (κ3) is 36.2. The van der Waals surface area contributed by atoms with E-state index >= 15 is 0 Å². The molecule has 0 aromatic rings. The van der Waals surface area contributed by atoms with Crippen LogP contribution in [0.4, 0.5) is 0 Å². The number of hydrogen-bond donors (Lipinski definition) is 0. The molecule has 0 N–H and O–H groups in total. The van der Waals surface area contributed by atoms with Crippen LogP contribution in [0.3, 0.4) is 0 Å². The molecule has 0 aliphatic heterocycles. The minimum atomic E-state index is -0.757. The van der Waals surface area contributed by atoms with Gasteiger partial charge in [0.2, 0.25) is 0 Å². The van der Waals surface area contributed by atoms with E-state index in [1.54, 1.807) is 0 Å². The topological polar surface area (TPSA) is 78.9 Å². The quantitative estimate of drug-likeness (QED) is 0.0359. The van der Waals surface area contributed by atoms with Crippen molar-refractivity contribution in [3.8, 4) is 0 Å². The molecule has 296 valence electrons. The van der Waals surface area contributed by atoms with Gasteiger partial charge in [-0.15, -0.1) is 0 Å². The molecule has 2 atom stereocenters. The maximum absolute atomic E-state index is 12.5. The van der Waals surface area contributed by atoms with Gasteiger partial charge >= 0.3 is 17.9 Å². The van der Waals surface area contributed by atoms with Crippen LogP contribution in [-0.2, 0) is 28.6 Å². The average Bonchev–Trinajstić information content (AvgIpc) is 3.11. The van der Waals surface area contributed by atoms with Crippen molar-refractivity contribution in [3.63, 3.8) is 0 Å². The number of hydrogen-bond acceptors (Lipinski definition) is 6. The van der Waals surface area contributed by atoms with Crippen molar-refractivity contribution in [1.29, 1.82) is 0 Å². The smallest absolute Gasteiger partial charge is 0.306 e. The summed E-state index contributed by atoms with van der Waals surface area (Å²) in [6, 6.07) is 0. The fraction of sp³-hybridized carbons (Fsp3) is 0.932. The predicted octanol–water partition coefficient (Wildman–Crippen LogP) is 13.6. The minimum Gasteiger partial charge on any atom is -0.462 e. The Morgan fingerprint density at radius 1 is 0.400 bits per heavy atom. The molecule has 0 aromatic heterocycles. The van der Waals surface area contributed by atoms with Gasteiger partial charge in [0.1, 0.15) is 13.2 Å². The lowest BCUT2D eigenvalue weighted by atomic mass is 9.99. The Bertz CT molecular complexity index is 753. The van der Waals surface area contributed by atoms with Crippen LogP contribution in [0.2, 0.25) is 0 Å². The summed E-state index contributed by atoms with van der Waals surface area (Å²) in [6.07, 6.45) is 36.8. The molecule has 0 aliphatic rings. The van der Waals surface area contributed by atoms with Gasteiger partial charge in [-0.25, -0.2) is 0 Å². The molecule has 0 rings (SSSR count). The van der Waals surface area contributed by atoms with Gasteiger partial charge in [-0.05, 0) is 25.2 Å². The molecule has 1 unspecified atom stereocenters. The normalized spacial score (nSPS) is 12.5. The number of esters is 3. The third-order valence-electron chi connectivity index (χ3n) is 10.2. The minimum absolute atomic E-state index is 0.0655. The first kappa shape index (κ1) is 48.4. The van der Waals surface area contributed by atoms with Gasteiger partial charge in [0.05, 0.1) is 0 Å². The molecule has 0 aliphatic carbocycles. The van der Waals surface area contributed by atoms with E-state index in [-0.39, 0.29) is 31.1 Å². The molecule has 0 aromatic carbocycles. The molecule has 6 heteroatoms. The molecule has 0 radical (unpaired) electrons.